The Morgan fingerprint density at radius 3 is 2.82 bits per heavy atom. The fourth-order valence-electron chi connectivity index (χ4n) is 2.16. The number of hydrazone groups is 1. The van der Waals surface area contributed by atoms with E-state index in [2.05, 4.69) is 34.3 Å². The summed E-state index contributed by atoms with van der Waals surface area (Å²) in [5.41, 5.74) is 4.65. The van der Waals surface area contributed by atoms with Crippen LogP contribution in [0.5, 0.6) is 0 Å². The Balaban J connectivity index is 1.87. The van der Waals surface area contributed by atoms with E-state index < -0.39 is 0 Å². The molecule has 0 amide bonds. The van der Waals surface area contributed by atoms with Crippen LogP contribution in [0.1, 0.15) is 30.9 Å². The van der Waals surface area contributed by atoms with Gasteiger partial charge in [0.2, 0.25) is 5.95 Å². The Bertz CT molecular complexity index is 865. The molecule has 0 unspecified atom stereocenters. The molecule has 0 spiro atoms. The van der Waals surface area contributed by atoms with E-state index in [1.54, 1.807) is 6.21 Å². The SMILES string of the molecule is CC(C)c1csc2nc(NN=Cc3ccccc3)[nH]c(=O)c12. The smallest absolute Gasteiger partial charge is 0.261 e. The Morgan fingerprint density at radius 2 is 2.09 bits per heavy atom. The number of H-pyrrole nitrogens is 1. The average Bonchev–Trinajstić information content (AvgIpc) is 2.93. The molecule has 112 valence electrons. The minimum Gasteiger partial charge on any atom is -0.291 e. The second-order valence-electron chi connectivity index (χ2n) is 5.22. The van der Waals surface area contributed by atoms with Gasteiger partial charge in [-0.2, -0.15) is 5.10 Å². The molecule has 0 atom stereocenters. The molecule has 0 aliphatic heterocycles. The van der Waals surface area contributed by atoms with Gasteiger partial charge in [-0.1, -0.05) is 44.2 Å². The molecule has 2 N–H and O–H groups in total. The molecule has 0 saturated heterocycles. The van der Waals surface area contributed by atoms with Crippen LogP contribution in [-0.2, 0) is 0 Å². The number of aromatic nitrogens is 2. The Kier molecular flexibility index (Phi) is 4.02. The first kappa shape index (κ1) is 14.5. The predicted octanol–water partition coefficient (Wildman–Crippen LogP) is 3.55. The molecule has 22 heavy (non-hydrogen) atoms. The summed E-state index contributed by atoms with van der Waals surface area (Å²) in [5.74, 6) is 0.647. The molecule has 3 rings (SSSR count). The molecule has 2 aromatic heterocycles. The van der Waals surface area contributed by atoms with Crippen molar-refractivity contribution in [2.24, 2.45) is 5.10 Å². The summed E-state index contributed by atoms with van der Waals surface area (Å²) >= 11 is 1.48. The summed E-state index contributed by atoms with van der Waals surface area (Å²) in [5, 5.41) is 6.77. The molecule has 0 saturated carbocycles. The van der Waals surface area contributed by atoms with E-state index in [1.807, 2.05) is 35.7 Å². The molecule has 3 aromatic rings. The number of hydrogen-bond acceptors (Lipinski definition) is 5. The fraction of sp³-hybridized carbons (Fsp3) is 0.188. The normalized spacial score (nSPS) is 11.6. The van der Waals surface area contributed by atoms with Crippen LogP contribution in [0.25, 0.3) is 10.2 Å². The lowest BCUT2D eigenvalue weighted by Crippen LogP contribution is -2.11. The second-order valence-corrected chi connectivity index (χ2v) is 6.08. The highest BCUT2D eigenvalue weighted by molar-refractivity contribution is 7.16. The zero-order chi connectivity index (χ0) is 15.5. The monoisotopic (exact) mass is 312 g/mol. The molecule has 6 heteroatoms. The Morgan fingerprint density at radius 1 is 1.32 bits per heavy atom. The van der Waals surface area contributed by atoms with E-state index >= 15 is 0 Å². The zero-order valence-electron chi connectivity index (χ0n) is 12.3. The van der Waals surface area contributed by atoms with E-state index in [0.29, 0.717) is 17.3 Å². The Labute approximate surface area is 131 Å². The maximum atomic E-state index is 12.2. The highest BCUT2D eigenvalue weighted by Gasteiger charge is 2.13. The van der Waals surface area contributed by atoms with Gasteiger partial charge in [-0.25, -0.2) is 10.4 Å². The number of benzene rings is 1. The van der Waals surface area contributed by atoms with Gasteiger partial charge in [-0.05, 0) is 22.4 Å². The van der Waals surface area contributed by atoms with Gasteiger partial charge in [0, 0.05) is 0 Å². The van der Waals surface area contributed by atoms with Crippen molar-refractivity contribution in [3.63, 3.8) is 0 Å². The summed E-state index contributed by atoms with van der Waals surface area (Å²) in [7, 11) is 0. The van der Waals surface area contributed by atoms with Crippen molar-refractivity contribution in [2.75, 3.05) is 5.43 Å². The summed E-state index contributed by atoms with van der Waals surface area (Å²) in [6.07, 6.45) is 1.68. The maximum absolute atomic E-state index is 12.2. The van der Waals surface area contributed by atoms with Gasteiger partial charge in [0.25, 0.3) is 5.56 Å². The van der Waals surface area contributed by atoms with Crippen molar-refractivity contribution in [3.8, 4) is 0 Å². The van der Waals surface area contributed by atoms with Crippen molar-refractivity contribution < 1.29 is 0 Å². The number of nitrogens with zero attached hydrogens (tertiary/aromatic N) is 2. The predicted molar refractivity (Wildman–Crippen MR) is 92.0 cm³/mol. The molecule has 1 aromatic carbocycles. The van der Waals surface area contributed by atoms with Gasteiger partial charge in [-0.15, -0.1) is 11.3 Å². The molecular weight excluding hydrogens is 296 g/mol. The van der Waals surface area contributed by atoms with Gasteiger partial charge in [0.05, 0.1) is 11.6 Å². The molecule has 0 fully saturated rings. The third kappa shape index (κ3) is 2.92. The second kappa shape index (κ2) is 6.11. The third-order valence-corrected chi connectivity index (χ3v) is 4.17. The summed E-state index contributed by atoms with van der Waals surface area (Å²) in [4.78, 5) is 20.1. The van der Waals surface area contributed by atoms with Crippen molar-refractivity contribution in [1.29, 1.82) is 0 Å². The van der Waals surface area contributed by atoms with Crippen LogP contribution < -0.4 is 11.0 Å². The van der Waals surface area contributed by atoms with Crippen LogP contribution >= 0.6 is 11.3 Å². The van der Waals surface area contributed by atoms with E-state index in [0.717, 1.165) is 16.0 Å². The van der Waals surface area contributed by atoms with Crippen LogP contribution in [0, 0.1) is 0 Å². The molecule has 2 heterocycles. The van der Waals surface area contributed by atoms with Crippen LogP contribution in [0.15, 0.2) is 45.6 Å². The summed E-state index contributed by atoms with van der Waals surface area (Å²) < 4.78 is 0. The standard InChI is InChI=1S/C16H16N4OS/c1-10(2)12-9-22-15-13(12)14(21)18-16(19-15)20-17-8-11-6-4-3-5-7-11/h3-10H,1-2H3,(H2,18,19,20,21). The quantitative estimate of drug-likeness (QED) is 0.571. The molecule has 0 bridgehead atoms. The maximum Gasteiger partial charge on any atom is 0.261 e. The number of anilines is 1. The van der Waals surface area contributed by atoms with Gasteiger partial charge in [-0.3, -0.25) is 9.78 Å². The van der Waals surface area contributed by atoms with Crippen molar-refractivity contribution in [3.05, 3.63) is 57.2 Å². The van der Waals surface area contributed by atoms with Crippen molar-refractivity contribution in [1.82, 2.24) is 9.97 Å². The van der Waals surface area contributed by atoms with Gasteiger partial charge in [0.1, 0.15) is 4.83 Å². The van der Waals surface area contributed by atoms with Crippen LogP contribution in [0.2, 0.25) is 0 Å². The molecule has 0 aliphatic carbocycles. The largest absolute Gasteiger partial charge is 0.291 e. The number of fused-ring (bicyclic) bond motifs is 1. The molecule has 5 nitrogen and oxygen atoms in total. The summed E-state index contributed by atoms with van der Waals surface area (Å²) in [6.45, 7) is 4.13. The van der Waals surface area contributed by atoms with E-state index in [-0.39, 0.29) is 5.56 Å². The highest BCUT2D eigenvalue weighted by atomic mass is 32.1. The number of rotatable bonds is 4. The summed E-state index contributed by atoms with van der Waals surface area (Å²) in [6, 6.07) is 9.71. The first-order valence-electron chi connectivity index (χ1n) is 7.00. The highest BCUT2D eigenvalue weighted by Crippen LogP contribution is 2.27. The molecule has 0 aliphatic rings. The van der Waals surface area contributed by atoms with Crippen molar-refractivity contribution in [2.45, 2.75) is 19.8 Å². The van der Waals surface area contributed by atoms with E-state index in [1.165, 1.54) is 11.3 Å². The topological polar surface area (TPSA) is 70.1 Å². The van der Waals surface area contributed by atoms with Crippen LogP contribution in [-0.4, -0.2) is 16.2 Å². The lowest BCUT2D eigenvalue weighted by atomic mass is 10.0. The average molecular weight is 312 g/mol. The number of thiophene rings is 1. The lowest BCUT2D eigenvalue weighted by Gasteiger charge is -2.03. The number of aromatic amines is 1. The minimum atomic E-state index is -0.132. The molecular formula is C16H16N4OS. The Hall–Kier alpha value is -2.47. The van der Waals surface area contributed by atoms with Gasteiger partial charge in [0.15, 0.2) is 0 Å². The number of nitrogens with one attached hydrogen (secondary N) is 2. The number of hydrogen-bond donors (Lipinski definition) is 2. The third-order valence-electron chi connectivity index (χ3n) is 3.28. The zero-order valence-corrected chi connectivity index (χ0v) is 13.1. The minimum absolute atomic E-state index is 0.132. The van der Waals surface area contributed by atoms with Crippen LogP contribution in [0.3, 0.4) is 0 Å². The molecule has 0 radical (unpaired) electrons. The first-order chi connectivity index (χ1) is 10.6. The van der Waals surface area contributed by atoms with Gasteiger partial charge < -0.3 is 0 Å². The lowest BCUT2D eigenvalue weighted by molar-refractivity contribution is 0.878. The van der Waals surface area contributed by atoms with E-state index in [4.69, 9.17) is 0 Å². The van der Waals surface area contributed by atoms with Gasteiger partial charge >= 0.3 is 0 Å². The van der Waals surface area contributed by atoms with Crippen LogP contribution in [0.4, 0.5) is 5.95 Å². The first-order valence-corrected chi connectivity index (χ1v) is 7.88. The van der Waals surface area contributed by atoms with E-state index in [9.17, 15) is 4.79 Å². The fourth-order valence-corrected chi connectivity index (χ4v) is 3.26. The van der Waals surface area contributed by atoms with Crippen molar-refractivity contribution >= 4 is 33.7 Å².